The van der Waals surface area contributed by atoms with Crippen molar-refractivity contribution in [2.45, 2.75) is 38.1 Å². The van der Waals surface area contributed by atoms with Crippen LogP contribution in [0.4, 0.5) is 0 Å². The minimum atomic E-state index is 0.525. The number of thiocarbonyl (C=S) groups is 1. The Hall–Kier alpha value is -0.720. The van der Waals surface area contributed by atoms with Gasteiger partial charge in [0.2, 0.25) is 0 Å². The molecule has 1 atom stereocenters. The number of aromatic nitrogens is 2. The lowest BCUT2D eigenvalue weighted by Crippen LogP contribution is -2.11. The zero-order valence-corrected chi connectivity index (χ0v) is 14.1. The molecule has 0 aromatic carbocycles. The normalized spacial score (nSPS) is 18.2. The summed E-state index contributed by atoms with van der Waals surface area (Å²) in [5.41, 5.74) is 7.09. The summed E-state index contributed by atoms with van der Waals surface area (Å²) in [6.07, 6.45) is 3.57. The van der Waals surface area contributed by atoms with Crippen LogP contribution in [0.15, 0.2) is 5.03 Å². The van der Waals surface area contributed by atoms with E-state index < -0.39 is 0 Å². The van der Waals surface area contributed by atoms with Crippen LogP contribution in [-0.2, 0) is 12.8 Å². The number of thioether (sulfide) groups is 1. The van der Waals surface area contributed by atoms with Gasteiger partial charge in [0.05, 0.1) is 4.99 Å². The summed E-state index contributed by atoms with van der Waals surface area (Å²) in [7, 11) is 0. The molecule has 0 amide bonds. The van der Waals surface area contributed by atoms with E-state index in [1.807, 2.05) is 18.3 Å². The molecule has 1 aliphatic rings. The van der Waals surface area contributed by atoms with Gasteiger partial charge in [0.1, 0.15) is 15.7 Å². The van der Waals surface area contributed by atoms with E-state index in [-0.39, 0.29) is 0 Å². The molecular weight excluding hydrogens is 306 g/mol. The van der Waals surface area contributed by atoms with Gasteiger partial charge >= 0.3 is 0 Å². The van der Waals surface area contributed by atoms with Gasteiger partial charge in [0.25, 0.3) is 0 Å². The van der Waals surface area contributed by atoms with Gasteiger partial charge in [-0.1, -0.05) is 30.9 Å². The van der Waals surface area contributed by atoms with Crippen molar-refractivity contribution >= 4 is 50.5 Å². The van der Waals surface area contributed by atoms with Crippen molar-refractivity contribution in [3.8, 4) is 0 Å². The Morgan fingerprint density at radius 1 is 1.50 bits per heavy atom. The third-order valence-electron chi connectivity index (χ3n) is 3.58. The van der Waals surface area contributed by atoms with Crippen LogP contribution < -0.4 is 5.73 Å². The summed E-state index contributed by atoms with van der Waals surface area (Å²) in [4.78, 5) is 12.4. The van der Waals surface area contributed by atoms with E-state index in [2.05, 4.69) is 16.9 Å². The first-order chi connectivity index (χ1) is 9.54. The highest BCUT2D eigenvalue weighted by atomic mass is 32.2. The van der Waals surface area contributed by atoms with Crippen molar-refractivity contribution in [1.29, 1.82) is 0 Å². The molecule has 2 aromatic heterocycles. The molecule has 0 spiro atoms. The number of hydrogen-bond donors (Lipinski definition) is 1. The first-order valence-corrected chi connectivity index (χ1v) is 8.95. The van der Waals surface area contributed by atoms with Crippen LogP contribution in [0.2, 0.25) is 0 Å². The Morgan fingerprint density at radius 3 is 3.05 bits per heavy atom. The molecule has 2 N–H and O–H groups in total. The molecule has 2 aromatic rings. The van der Waals surface area contributed by atoms with E-state index in [0.29, 0.717) is 10.7 Å². The first kappa shape index (κ1) is 14.2. The molecule has 0 bridgehead atoms. The molecule has 2 heterocycles. The second-order valence-electron chi connectivity index (χ2n) is 5.36. The van der Waals surface area contributed by atoms with E-state index in [4.69, 9.17) is 18.0 Å². The van der Waals surface area contributed by atoms with Crippen molar-refractivity contribution in [2.24, 2.45) is 11.7 Å². The smallest absolute Gasteiger partial charge is 0.128 e. The molecule has 3 rings (SSSR count). The van der Waals surface area contributed by atoms with Gasteiger partial charge in [0.15, 0.2) is 0 Å². The molecule has 20 heavy (non-hydrogen) atoms. The number of nitrogens with zero attached hydrogens (tertiary/aromatic N) is 2. The highest BCUT2D eigenvalue weighted by molar-refractivity contribution is 8.01. The first-order valence-electron chi connectivity index (χ1n) is 6.74. The highest BCUT2D eigenvalue weighted by Crippen LogP contribution is 2.40. The monoisotopic (exact) mass is 323 g/mol. The lowest BCUT2D eigenvalue weighted by Gasteiger charge is -2.18. The lowest BCUT2D eigenvalue weighted by atomic mass is 9.89. The van der Waals surface area contributed by atoms with Gasteiger partial charge < -0.3 is 5.73 Å². The summed E-state index contributed by atoms with van der Waals surface area (Å²) < 4.78 is 0. The second kappa shape index (κ2) is 5.58. The largest absolute Gasteiger partial charge is 0.393 e. The molecular formula is C14H17N3S3. The van der Waals surface area contributed by atoms with Crippen LogP contribution in [0.1, 0.15) is 29.6 Å². The quantitative estimate of drug-likeness (QED) is 0.532. The summed E-state index contributed by atoms with van der Waals surface area (Å²) in [6.45, 7) is 4.28. The highest BCUT2D eigenvalue weighted by Gasteiger charge is 2.23. The van der Waals surface area contributed by atoms with Crippen molar-refractivity contribution in [3.63, 3.8) is 0 Å². The van der Waals surface area contributed by atoms with E-state index in [9.17, 15) is 0 Å². The molecule has 0 fully saturated rings. The number of nitrogens with two attached hydrogens (primary N) is 1. The molecule has 0 aliphatic heterocycles. The molecule has 1 unspecified atom stereocenters. The Bertz CT molecular complexity index is 678. The third kappa shape index (κ3) is 2.69. The zero-order valence-electron chi connectivity index (χ0n) is 11.6. The maximum Gasteiger partial charge on any atom is 0.128 e. The minimum absolute atomic E-state index is 0.525. The molecule has 3 nitrogen and oxygen atoms in total. The number of thiophene rings is 1. The predicted octanol–water partition coefficient (Wildman–Crippen LogP) is 3.50. The topological polar surface area (TPSA) is 51.8 Å². The van der Waals surface area contributed by atoms with Crippen LogP contribution in [0.3, 0.4) is 0 Å². The van der Waals surface area contributed by atoms with E-state index in [0.717, 1.165) is 28.0 Å². The van der Waals surface area contributed by atoms with Gasteiger partial charge in [-0.2, -0.15) is 0 Å². The molecule has 6 heteroatoms. The predicted molar refractivity (Wildman–Crippen MR) is 90.9 cm³/mol. The van der Waals surface area contributed by atoms with E-state index >= 15 is 0 Å². The molecule has 0 radical (unpaired) electrons. The van der Waals surface area contributed by atoms with Crippen molar-refractivity contribution in [1.82, 2.24) is 9.97 Å². The van der Waals surface area contributed by atoms with Crippen LogP contribution in [0, 0.1) is 12.8 Å². The van der Waals surface area contributed by atoms with Gasteiger partial charge in [-0.15, -0.1) is 11.3 Å². The average Bonchev–Trinajstić information content (AvgIpc) is 2.72. The molecule has 1 aliphatic carbocycles. The number of rotatable bonds is 3. The molecule has 0 saturated carbocycles. The van der Waals surface area contributed by atoms with E-state index in [1.54, 1.807) is 11.8 Å². The van der Waals surface area contributed by atoms with Gasteiger partial charge in [-0.05, 0) is 37.7 Å². The maximum absolute atomic E-state index is 5.62. The summed E-state index contributed by atoms with van der Waals surface area (Å²) >= 11 is 8.46. The Labute approximate surface area is 132 Å². The number of hydrogen-bond acceptors (Lipinski definition) is 5. The number of aryl methyl sites for hydroxylation is 2. The molecule has 0 saturated heterocycles. The van der Waals surface area contributed by atoms with Crippen LogP contribution >= 0.6 is 35.3 Å². The van der Waals surface area contributed by atoms with Gasteiger partial charge in [-0.3, -0.25) is 0 Å². The fraction of sp³-hybridized carbons (Fsp3) is 0.500. The van der Waals surface area contributed by atoms with E-state index in [1.165, 1.54) is 28.7 Å². The Kier molecular flexibility index (Phi) is 3.97. The fourth-order valence-electron chi connectivity index (χ4n) is 2.65. The second-order valence-corrected chi connectivity index (χ2v) is 7.93. The minimum Gasteiger partial charge on any atom is -0.393 e. The van der Waals surface area contributed by atoms with Crippen molar-refractivity contribution < 1.29 is 0 Å². The Morgan fingerprint density at radius 2 is 2.30 bits per heavy atom. The number of fused-ring (bicyclic) bond motifs is 3. The Balaban J connectivity index is 2.11. The van der Waals surface area contributed by atoms with Crippen LogP contribution in [0.5, 0.6) is 0 Å². The van der Waals surface area contributed by atoms with Crippen LogP contribution in [0.25, 0.3) is 10.2 Å². The summed E-state index contributed by atoms with van der Waals surface area (Å²) in [5.74, 6) is 2.24. The zero-order chi connectivity index (χ0) is 14.3. The van der Waals surface area contributed by atoms with Crippen LogP contribution in [-0.4, -0.2) is 20.7 Å². The third-order valence-corrected chi connectivity index (χ3v) is 6.08. The average molecular weight is 324 g/mol. The standard InChI is InChI=1S/C14H17N3S3/c1-7-3-4-9-10(5-7)20-14-12(9)13(16-8(2)17-14)19-6-11(15)18/h7H,3-6H2,1-2H3,(H2,15,18). The van der Waals surface area contributed by atoms with Crippen molar-refractivity contribution in [3.05, 3.63) is 16.3 Å². The van der Waals surface area contributed by atoms with Crippen molar-refractivity contribution in [2.75, 3.05) is 5.75 Å². The summed E-state index contributed by atoms with van der Waals surface area (Å²) in [5, 5.41) is 2.30. The maximum atomic E-state index is 5.62. The SMILES string of the molecule is Cc1nc(SCC(N)=S)c2c3c(sc2n1)CC(C)CC3. The fourth-order valence-corrected chi connectivity index (χ4v) is 5.16. The lowest BCUT2D eigenvalue weighted by molar-refractivity contribution is 0.509. The van der Waals surface area contributed by atoms with Gasteiger partial charge in [-0.25, -0.2) is 9.97 Å². The summed E-state index contributed by atoms with van der Waals surface area (Å²) in [6, 6.07) is 0. The molecule has 106 valence electrons. The van der Waals surface area contributed by atoms with Gasteiger partial charge in [0, 0.05) is 16.0 Å².